The van der Waals surface area contributed by atoms with Gasteiger partial charge in [-0.3, -0.25) is 19.1 Å². The molecule has 3 aromatic rings. The Hall–Kier alpha value is -3.08. The van der Waals surface area contributed by atoms with Crippen LogP contribution in [0.1, 0.15) is 27.2 Å². The number of hydrogen-bond donors (Lipinski definition) is 1. The van der Waals surface area contributed by atoms with E-state index in [-0.39, 0.29) is 34.3 Å². The van der Waals surface area contributed by atoms with Crippen LogP contribution in [0.25, 0.3) is 22.4 Å². The van der Waals surface area contributed by atoms with E-state index in [1.807, 2.05) is 20.8 Å². The Balaban J connectivity index is 1.63. The van der Waals surface area contributed by atoms with Crippen LogP contribution in [0.4, 0.5) is 4.39 Å². The van der Waals surface area contributed by atoms with Gasteiger partial charge in [0.05, 0.1) is 36.4 Å². The number of carbonyl (C=O) groups is 1. The number of amides is 1. The molecule has 2 aromatic heterocycles. The van der Waals surface area contributed by atoms with Gasteiger partial charge in [0.2, 0.25) is 5.91 Å². The van der Waals surface area contributed by atoms with Crippen molar-refractivity contribution in [2.75, 3.05) is 39.5 Å². The predicted octanol–water partition coefficient (Wildman–Crippen LogP) is 3.27. The number of benzene rings is 1. The first-order valence-corrected chi connectivity index (χ1v) is 12.6. The molecule has 1 aromatic carbocycles. The number of nitrogens with zero attached hydrogens (tertiary/aromatic N) is 4. The third-order valence-corrected chi connectivity index (χ3v) is 6.06. The molecule has 1 aliphatic rings. The van der Waals surface area contributed by atoms with E-state index >= 15 is 0 Å². The van der Waals surface area contributed by atoms with E-state index in [2.05, 4.69) is 20.2 Å². The summed E-state index contributed by atoms with van der Waals surface area (Å²) in [5.41, 5.74) is -0.378. The van der Waals surface area contributed by atoms with Crippen molar-refractivity contribution in [1.29, 1.82) is 0 Å². The molecular formula is C26H31ClFN5O4. The van der Waals surface area contributed by atoms with Crippen molar-refractivity contribution >= 4 is 28.5 Å². The molecule has 0 aliphatic carbocycles. The van der Waals surface area contributed by atoms with Gasteiger partial charge in [-0.2, -0.15) is 0 Å². The fourth-order valence-electron chi connectivity index (χ4n) is 4.07. The highest BCUT2D eigenvalue weighted by Crippen LogP contribution is 2.25. The smallest absolute Gasteiger partial charge is 0.263 e. The molecule has 1 amide bonds. The number of aromatic nitrogens is 3. The Morgan fingerprint density at radius 1 is 1.24 bits per heavy atom. The van der Waals surface area contributed by atoms with Gasteiger partial charge in [0.1, 0.15) is 23.9 Å². The Labute approximate surface area is 219 Å². The molecule has 0 unspecified atom stereocenters. The van der Waals surface area contributed by atoms with Crippen molar-refractivity contribution in [3.05, 3.63) is 51.7 Å². The second-order valence-corrected chi connectivity index (χ2v) is 10.4. The normalized spacial score (nSPS) is 14.6. The minimum absolute atomic E-state index is 0.119. The highest BCUT2D eigenvalue weighted by atomic mass is 35.5. The molecule has 198 valence electrons. The van der Waals surface area contributed by atoms with Gasteiger partial charge < -0.3 is 14.8 Å². The molecular weight excluding hydrogens is 501 g/mol. The highest BCUT2D eigenvalue weighted by Gasteiger charge is 2.20. The van der Waals surface area contributed by atoms with Crippen LogP contribution in [-0.2, 0) is 16.1 Å². The summed E-state index contributed by atoms with van der Waals surface area (Å²) in [6, 6.07) is 5.61. The van der Waals surface area contributed by atoms with Gasteiger partial charge in [0, 0.05) is 30.7 Å². The van der Waals surface area contributed by atoms with Gasteiger partial charge in [0.25, 0.3) is 5.56 Å². The number of ether oxygens (including phenoxy) is 2. The molecule has 11 heteroatoms. The van der Waals surface area contributed by atoms with Crippen molar-refractivity contribution in [2.24, 2.45) is 0 Å². The van der Waals surface area contributed by atoms with Crippen LogP contribution in [0.2, 0.25) is 5.02 Å². The molecule has 0 radical (unpaired) electrons. The molecule has 1 fully saturated rings. The average Bonchev–Trinajstić information content (AvgIpc) is 2.85. The van der Waals surface area contributed by atoms with E-state index in [4.69, 9.17) is 21.1 Å². The molecule has 37 heavy (non-hydrogen) atoms. The van der Waals surface area contributed by atoms with Crippen LogP contribution >= 0.6 is 11.6 Å². The van der Waals surface area contributed by atoms with Crippen LogP contribution < -0.4 is 15.6 Å². The first-order chi connectivity index (χ1) is 17.6. The summed E-state index contributed by atoms with van der Waals surface area (Å²) in [4.78, 5) is 37.5. The average molecular weight is 532 g/mol. The van der Waals surface area contributed by atoms with Crippen molar-refractivity contribution in [2.45, 2.75) is 39.3 Å². The maximum Gasteiger partial charge on any atom is 0.263 e. The summed E-state index contributed by atoms with van der Waals surface area (Å²) >= 11 is 5.99. The van der Waals surface area contributed by atoms with Gasteiger partial charge in [-0.25, -0.2) is 14.4 Å². The topological polar surface area (TPSA) is 98.6 Å². The van der Waals surface area contributed by atoms with E-state index in [0.29, 0.717) is 17.9 Å². The van der Waals surface area contributed by atoms with Gasteiger partial charge in [0.15, 0.2) is 5.65 Å². The van der Waals surface area contributed by atoms with Gasteiger partial charge in [-0.15, -0.1) is 0 Å². The van der Waals surface area contributed by atoms with Gasteiger partial charge in [-0.05, 0) is 51.5 Å². The minimum Gasteiger partial charge on any atom is -0.492 e. The predicted molar refractivity (Wildman–Crippen MR) is 139 cm³/mol. The standard InChI is InChI=1S/C26H31ClFN5O4/c1-26(2,3)31-22(34)16-33-24(17-5-6-21(28)20(27)13-17)30-23-19(25(33)35)14-18(15-29-23)37-10-4-7-32-8-11-36-12-9-32/h5-6,13-15H,4,7-12,16H2,1-3H3,(H,31,34). The second-order valence-electron chi connectivity index (χ2n) is 9.95. The third-order valence-electron chi connectivity index (χ3n) is 5.77. The first-order valence-electron chi connectivity index (χ1n) is 12.2. The fourth-order valence-corrected chi connectivity index (χ4v) is 4.25. The molecule has 1 N–H and O–H groups in total. The van der Waals surface area contributed by atoms with E-state index in [0.717, 1.165) is 39.3 Å². The van der Waals surface area contributed by atoms with Crippen LogP contribution in [0.5, 0.6) is 5.75 Å². The summed E-state index contributed by atoms with van der Waals surface area (Å²) in [6.45, 7) is 9.92. The Bertz CT molecular complexity index is 1340. The summed E-state index contributed by atoms with van der Waals surface area (Å²) in [7, 11) is 0. The van der Waals surface area contributed by atoms with E-state index in [9.17, 15) is 14.0 Å². The van der Waals surface area contributed by atoms with E-state index in [1.54, 1.807) is 6.07 Å². The lowest BCUT2D eigenvalue weighted by molar-refractivity contribution is -0.123. The molecule has 0 atom stereocenters. The lowest BCUT2D eigenvalue weighted by atomic mass is 10.1. The number of pyridine rings is 1. The molecule has 0 bridgehead atoms. The van der Waals surface area contributed by atoms with Crippen LogP contribution in [0.3, 0.4) is 0 Å². The van der Waals surface area contributed by atoms with Crippen molar-refractivity contribution in [3.63, 3.8) is 0 Å². The van der Waals surface area contributed by atoms with Crippen molar-refractivity contribution in [1.82, 2.24) is 24.8 Å². The first kappa shape index (κ1) is 27.0. The summed E-state index contributed by atoms with van der Waals surface area (Å²) in [6.07, 6.45) is 2.33. The molecule has 9 nitrogen and oxygen atoms in total. The summed E-state index contributed by atoms with van der Waals surface area (Å²) in [5, 5.41) is 2.95. The Morgan fingerprint density at radius 3 is 2.70 bits per heavy atom. The third kappa shape index (κ3) is 7.03. The SMILES string of the molecule is CC(C)(C)NC(=O)Cn1c(-c2ccc(F)c(Cl)c2)nc2ncc(OCCCN3CCOCC3)cc2c1=O. The number of hydrogen-bond acceptors (Lipinski definition) is 7. The zero-order chi connectivity index (χ0) is 26.6. The van der Waals surface area contributed by atoms with Crippen molar-refractivity contribution in [3.8, 4) is 17.1 Å². The van der Waals surface area contributed by atoms with Crippen molar-refractivity contribution < 1.29 is 18.7 Å². The number of morpholine rings is 1. The maximum atomic E-state index is 13.8. The van der Waals surface area contributed by atoms with Crippen LogP contribution in [0, 0.1) is 5.82 Å². The maximum absolute atomic E-state index is 13.8. The minimum atomic E-state index is -0.598. The number of fused-ring (bicyclic) bond motifs is 1. The molecule has 1 aliphatic heterocycles. The molecule has 1 saturated heterocycles. The quantitative estimate of drug-likeness (QED) is 0.445. The van der Waals surface area contributed by atoms with E-state index < -0.39 is 16.9 Å². The fraction of sp³-hybridized carbons (Fsp3) is 0.462. The molecule has 0 spiro atoms. The largest absolute Gasteiger partial charge is 0.492 e. The molecule has 0 saturated carbocycles. The lowest BCUT2D eigenvalue weighted by Crippen LogP contribution is -2.43. The van der Waals surface area contributed by atoms with Gasteiger partial charge >= 0.3 is 0 Å². The summed E-state index contributed by atoms with van der Waals surface area (Å²) in [5.74, 6) is -0.361. The second kappa shape index (κ2) is 11.5. The Morgan fingerprint density at radius 2 is 2.00 bits per heavy atom. The molecule has 3 heterocycles. The van der Waals surface area contributed by atoms with Gasteiger partial charge in [-0.1, -0.05) is 11.6 Å². The zero-order valence-corrected chi connectivity index (χ0v) is 22.0. The number of halogens is 2. The summed E-state index contributed by atoms with van der Waals surface area (Å²) < 4.78 is 26.3. The number of rotatable bonds is 8. The lowest BCUT2D eigenvalue weighted by Gasteiger charge is -2.26. The zero-order valence-electron chi connectivity index (χ0n) is 21.2. The van der Waals surface area contributed by atoms with E-state index in [1.165, 1.54) is 29.0 Å². The number of nitrogens with one attached hydrogen (secondary N) is 1. The van der Waals surface area contributed by atoms with Crippen LogP contribution in [-0.4, -0.2) is 70.3 Å². The van der Waals surface area contributed by atoms with Crippen LogP contribution in [0.15, 0.2) is 35.3 Å². The number of carbonyl (C=O) groups excluding carboxylic acids is 1. The highest BCUT2D eigenvalue weighted by molar-refractivity contribution is 6.31. The monoisotopic (exact) mass is 531 g/mol. The Kier molecular flexibility index (Phi) is 8.41. The molecule has 4 rings (SSSR count).